The average Bonchev–Trinajstić information content (AvgIpc) is 2.70. The van der Waals surface area contributed by atoms with Gasteiger partial charge in [0, 0.05) is 11.4 Å². The number of hydrogen-bond acceptors (Lipinski definition) is 6. The molecule has 3 N–H and O–H groups in total. The molecule has 1 amide bonds. The van der Waals surface area contributed by atoms with E-state index in [9.17, 15) is 4.79 Å². The standard InChI is InChI=1S/C20H20N4O2S/c1-26-16-10-6-5-7-14(16)11-12-22-20(25)18-19(21)23-13-17(24-18)27-15-8-3-2-4-9-15/h2-10,13H,11-12H2,1H3,(H2,21,23)(H,22,25). The molecule has 27 heavy (non-hydrogen) atoms. The predicted molar refractivity (Wildman–Crippen MR) is 106 cm³/mol. The van der Waals surface area contributed by atoms with Gasteiger partial charge in [0.25, 0.3) is 5.91 Å². The molecule has 2 aromatic carbocycles. The second-order valence-corrected chi connectivity index (χ2v) is 6.77. The maximum Gasteiger partial charge on any atom is 0.273 e. The van der Waals surface area contributed by atoms with E-state index in [1.165, 1.54) is 11.8 Å². The Morgan fingerprint density at radius 1 is 1.15 bits per heavy atom. The van der Waals surface area contributed by atoms with Gasteiger partial charge in [0.05, 0.1) is 13.3 Å². The van der Waals surface area contributed by atoms with Crippen LogP contribution in [0, 0.1) is 0 Å². The third-order valence-electron chi connectivity index (χ3n) is 3.83. The van der Waals surface area contributed by atoms with Gasteiger partial charge in [0.15, 0.2) is 11.5 Å². The lowest BCUT2D eigenvalue weighted by atomic mass is 10.1. The van der Waals surface area contributed by atoms with Crippen molar-refractivity contribution < 1.29 is 9.53 Å². The van der Waals surface area contributed by atoms with Gasteiger partial charge in [-0.1, -0.05) is 48.2 Å². The topological polar surface area (TPSA) is 90.1 Å². The second kappa shape index (κ2) is 9.05. The van der Waals surface area contributed by atoms with Crippen LogP contribution in [0.5, 0.6) is 5.75 Å². The van der Waals surface area contributed by atoms with Gasteiger partial charge in [-0.2, -0.15) is 0 Å². The van der Waals surface area contributed by atoms with Crippen molar-refractivity contribution in [2.75, 3.05) is 19.4 Å². The number of nitrogens with one attached hydrogen (secondary N) is 1. The highest BCUT2D eigenvalue weighted by atomic mass is 32.2. The fourth-order valence-electron chi connectivity index (χ4n) is 2.51. The van der Waals surface area contributed by atoms with Gasteiger partial charge in [0.2, 0.25) is 0 Å². The second-order valence-electron chi connectivity index (χ2n) is 5.67. The molecule has 0 atom stereocenters. The number of para-hydroxylation sites is 1. The van der Waals surface area contributed by atoms with Crippen LogP contribution in [0.25, 0.3) is 0 Å². The Hall–Kier alpha value is -3.06. The molecule has 0 saturated carbocycles. The lowest BCUT2D eigenvalue weighted by Crippen LogP contribution is -2.28. The SMILES string of the molecule is COc1ccccc1CCNC(=O)c1nc(Sc2ccccc2)cnc1N. The monoisotopic (exact) mass is 380 g/mol. The summed E-state index contributed by atoms with van der Waals surface area (Å²) in [5.41, 5.74) is 7.00. The van der Waals surface area contributed by atoms with E-state index in [2.05, 4.69) is 15.3 Å². The van der Waals surface area contributed by atoms with Crippen molar-refractivity contribution in [1.29, 1.82) is 0 Å². The van der Waals surface area contributed by atoms with E-state index < -0.39 is 0 Å². The van der Waals surface area contributed by atoms with E-state index in [4.69, 9.17) is 10.5 Å². The summed E-state index contributed by atoms with van der Waals surface area (Å²) >= 11 is 1.43. The van der Waals surface area contributed by atoms with Crippen molar-refractivity contribution in [3.63, 3.8) is 0 Å². The van der Waals surface area contributed by atoms with Crippen LogP contribution < -0.4 is 15.8 Å². The minimum Gasteiger partial charge on any atom is -0.496 e. The van der Waals surface area contributed by atoms with E-state index >= 15 is 0 Å². The first-order chi connectivity index (χ1) is 13.2. The Kier molecular flexibility index (Phi) is 6.27. The smallest absolute Gasteiger partial charge is 0.273 e. The van der Waals surface area contributed by atoms with Crippen molar-refractivity contribution in [2.45, 2.75) is 16.3 Å². The number of carbonyl (C=O) groups excluding carboxylic acids is 1. The zero-order chi connectivity index (χ0) is 19.1. The highest BCUT2D eigenvalue weighted by Crippen LogP contribution is 2.26. The third kappa shape index (κ3) is 4.98. The van der Waals surface area contributed by atoms with Gasteiger partial charge in [-0.25, -0.2) is 9.97 Å². The number of ether oxygens (including phenoxy) is 1. The molecule has 0 radical (unpaired) electrons. The molecule has 7 heteroatoms. The molecule has 0 unspecified atom stereocenters. The molecule has 0 aliphatic rings. The fourth-order valence-corrected chi connectivity index (χ4v) is 3.29. The molecule has 0 saturated heterocycles. The highest BCUT2D eigenvalue weighted by molar-refractivity contribution is 7.99. The molecular weight excluding hydrogens is 360 g/mol. The molecule has 138 valence electrons. The van der Waals surface area contributed by atoms with Crippen LogP contribution in [0.3, 0.4) is 0 Å². The van der Waals surface area contributed by atoms with Crippen molar-refractivity contribution in [2.24, 2.45) is 0 Å². The zero-order valence-electron chi connectivity index (χ0n) is 14.9. The zero-order valence-corrected chi connectivity index (χ0v) is 15.7. The maximum absolute atomic E-state index is 12.5. The summed E-state index contributed by atoms with van der Waals surface area (Å²) in [6.45, 7) is 0.441. The van der Waals surface area contributed by atoms with Crippen LogP contribution in [0.15, 0.2) is 70.7 Å². The minimum absolute atomic E-state index is 0.113. The minimum atomic E-state index is -0.342. The Morgan fingerprint density at radius 2 is 1.89 bits per heavy atom. The summed E-state index contributed by atoms with van der Waals surface area (Å²) in [5.74, 6) is 0.569. The van der Waals surface area contributed by atoms with Crippen LogP contribution in [-0.4, -0.2) is 29.5 Å². The molecule has 0 spiro atoms. The number of hydrogen-bond donors (Lipinski definition) is 2. The van der Waals surface area contributed by atoms with Gasteiger partial charge in [-0.3, -0.25) is 4.79 Å². The molecular formula is C20H20N4O2S. The molecule has 0 aliphatic heterocycles. The lowest BCUT2D eigenvalue weighted by molar-refractivity contribution is 0.0949. The van der Waals surface area contributed by atoms with Gasteiger partial charge in [0.1, 0.15) is 10.8 Å². The first-order valence-corrected chi connectivity index (χ1v) is 9.24. The fraction of sp³-hybridized carbons (Fsp3) is 0.150. The van der Waals surface area contributed by atoms with Gasteiger partial charge in [-0.05, 0) is 30.2 Å². The van der Waals surface area contributed by atoms with Crippen molar-refractivity contribution in [3.05, 3.63) is 72.1 Å². The molecule has 1 heterocycles. The average molecular weight is 380 g/mol. The Morgan fingerprint density at radius 3 is 2.67 bits per heavy atom. The summed E-state index contributed by atoms with van der Waals surface area (Å²) in [7, 11) is 1.63. The Balaban J connectivity index is 1.64. The number of anilines is 1. The summed E-state index contributed by atoms with van der Waals surface area (Å²) < 4.78 is 5.32. The molecule has 0 fully saturated rings. The van der Waals surface area contributed by atoms with E-state index in [1.54, 1.807) is 13.3 Å². The van der Waals surface area contributed by atoms with Crippen LogP contribution in [-0.2, 0) is 6.42 Å². The largest absolute Gasteiger partial charge is 0.496 e. The normalized spacial score (nSPS) is 10.4. The van der Waals surface area contributed by atoms with Crippen molar-refractivity contribution >= 4 is 23.5 Å². The number of carbonyl (C=O) groups is 1. The molecule has 3 aromatic rings. The Bertz CT molecular complexity index is 919. The summed E-state index contributed by atoms with van der Waals surface area (Å²) in [6, 6.07) is 17.5. The third-order valence-corrected chi connectivity index (χ3v) is 4.75. The summed E-state index contributed by atoms with van der Waals surface area (Å²) in [4.78, 5) is 22.0. The first kappa shape index (κ1) is 18.7. The predicted octanol–water partition coefficient (Wildman–Crippen LogP) is 3.19. The Labute approximate surface area is 162 Å². The van der Waals surface area contributed by atoms with E-state index in [0.717, 1.165) is 16.2 Å². The summed E-state index contributed by atoms with van der Waals surface area (Å²) in [5, 5.41) is 3.46. The van der Waals surface area contributed by atoms with Crippen LogP contribution in [0.2, 0.25) is 0 Å². The van der Waals surface area contributed by atoms with E-state index in [-0.39, 0.29) is 17.4 Å². The van der Waals surface area contributed by atoms with E-state index in [1.807, 2.05) is 54.6 Å². The molecule has 6 nitrogen and oxygen atoms in total. The van der Waals surface area contributed by atoms with Gasteiger partial charge in [-0.15, -0.1) is 0 Å². The van der Waals surface area contributed by atoms with Crippen molar-refractivity contribution in [1.82, 2.24) is 15.3 Å². The van der Waals surface area contributed by atoms with Crippen LogP contribution >= 0.6 is 11.8 Å². The number of nitrogens with zero attached hydrogens (tertiary/aromatic N) is 2. The number of aromatic nitrogens is 2. The number of benzene rings is 2. The first-order valence-electron chi connectivity index (χ1n) is 8.43. The van der Waals surface area contributed by atoms with E-state index in [0.29, 0.717) is 18.0 Å². The van der Waals surface area contributed by atoms with Crippen LogP contribution in [0.1, 0.15) is 16.1 Å². The van der Waals surface area contributed by atoms with Crippen LogP contribution in [0.4, 0.5) is 5.82 Å². The van der Waals surface area contributed by atoms with Gasteiger partial charge >= 0.3 is 0 Å². The molecule has 1 aromatic heterocycles. The molecule has 0 aliphatic carbocycles. The number of rotatable bonds is 7. The summed E-state index contributed by atoms with van der Waals surface area (Å²) in [6.07, 6.45) is 2.21. The maximum atomic E-state index is 12.5. The lowest BCUT2D eigenvalue weighted by Gasteiger charge is -2.10. The van der Waals surface area contributed by atoms with Gasteiger partial charge < -0.3 is 15.8 Å². The molecule has 0 bridgehead atoms. The van der Waals surface area contributed by atoms with Crippen molar-refractivity contribution in [3.8, 4) is 5.75 Å². The highest BCUT2D eigenvalue weighted by Gasteiger charge is 2.14. The quantitative estimate of drug-likeness (QED) is 0.654. The number of nitrogens with two attached hydrogens (primary N) is 1. The number of methoxy groups -OCH3 is 1. The number of nitrogen functional groups attached to an aromatic ring is 1. The number of amides is 1. The molecule has 3 rings (SSSR count).